The quantitative estimate of drug-likeness (QED) is 0.488. The number of sulfone groups is 1. The molecule has 0 radical (unpaired) electrons. The summed E-state index contributed by atoms with van der Waals surface area (Å²) in [4.78, 5) is 6.88. The molecule has 22 heavy (non-hydrogen) atoms. The fraction of sp³-hybridized carbons (Fsp3) is 0.812. The van der Waals surface area contributed by atoms with Gasteiger partial charge in [-0.3, -0.25) is 4.99 Å². The largest absolute Gasteiger partial charge is 0.357 e. The third-order valence-corrected chi connectivity index (χ3v) is 7.09. The van der Waals surface area contributed by atoms with Crippen LogP contribution in [0.1, 0.15) is 40.0 Å². The molecule has 1 fully saturated rings. The van der Waals surface area contributed by atoms with E-state index in [1.54, 1.807) is 0 Å². The number of nitrogens with zero attached hydrogens (tertiary/aromatic N) is 2. The zero-order valence-corrected chi connectivity index (χ0v) is 14.8. The molecule has 1 atom stereocenters. The van der Waals surface area contributed by atoms with E-state index in [4.69, 9.17) is 4.99 Å². The van der Waals surface area contributed by atoms with Crippen molar-refractivity contribution < 1.29 is 8.42 Å². The monoisotopic (exact) mass is 327 g/mol. The molecule has 0 aromatic heterocycles. The van der Waals surface area contributed by atoms with Crippen LogP contribution in [0.2, 0.25) is 0 Å². The first-order valence-electron chi connectivity index (χ1n) is 8.26. The summed E-state index contributed by atoms with van der Waals surface area (Å²) in [6.45, 7) is 8.32. The van der Waals surface area contributed by atoms with E-state index in [1.807, 2.05) is 20.8 Å². The van der Waals surface area contributed by atoms with Gasteiger partial charge in [0.1, 0.15) is 0 Å². The standard InChI is InChI=1S/C16H29N3O2S/c1-4-17-15(18-12-14-8-6-5-7-9-14)19-10-11-22(20,21)16(2,3)13-19/h5-6,14H,4,7-13H2,1-3H3,(H,17,18). The highest BCUT2D eigenvalue weighted by molar-refractivity contribution is 7.92. The topological polar surface area (TPSA) is 61.8 Å². The lowest BCUT2D eigenvalue weighted by molar-refractivity contribution is 0.351. The van der Waals surface area contributed by atoms with Crippen molar-refractivity contribution in [3.8, 4) is 0 Å². The van der Waals surface area contributed by atoms with E-state index >= 15 is 0 Å². The minimum Gasteiger partial charge on any atom is -0.357 e. The van der Waals surface area contributed by atoms with Crippen LogP contribution in [0.25, 0.3) is 0 Å². The average molecular weight is 327 g/mol. The molecule has 2 aliphatic rings. The summed E-state index contributed by atoms with van der Waals surface area (Å²) < 4.78 is 23.6. The van der Waals surface area contributed by atoms with Gasteiger partial charge >= 0.3 is 0 Å². The molecule has 1 heterocycles. The SMILES string of the molecule is CCNC(=NCC1CC=CCC1)N1CCS(=O)(=O)C(C)(C)C1. The Morgan fingerprint density at radius 1 is 1.41 bits per heavy atom. The van der Waals surface area contributed by atoms with Gasteiger partial charge < -0.3 is 10.2 Å². The van der Waals surface area contributed by atoms with Gasteiger partial charge in [-0.15, -0.1) is 0 Å². The van der Waals surface area contributed by atoms with E-state index in [2.05, 4.69) is 22.4 Å². The Bertz CT molecular complexity index is 538. The first-order chi connectivity index (χ1) is 10.4. The van der Waals surface area contributed by atoms with Crippen molar-refractivity contribution in [2.75, 3.05) is 31.9 Å². The maximum Gasteiger partial charge on any atom is 0.194 e. The molecule has 5 nitrogen and oxygen atoms in total. The van der Waals surface area contributed by atoms with Crippen molar-refractivity contribution in [1.29, 1.82) is 0 Å². The molecular weight excluding hydrogens is 298 g/mol. The van der Waals surface area contributed by atoms with E-state index in [-0.39, 0.29) is 5.75 Å². The van der Waals surface area contributed by atoms with E-state index in [1.165, 1.54) is 6.42 Å². The van der Waals surface area contributed by atoms with Crippen LogP contribution in [-0.2, 0) is 9.84 Å². The lowest BCUT2D eigenvalue weighted by Gasteiger charge is -2.39. The Morgan fingerprint density at radius 2 is 2.18 bits per heavy atom. The second-order valence-electron chi connectivity index (χ2n) is 6.85. The molecule has 1 aliphatic carbocycles. The van der Waals surface area contributed by atoms with Gasteiger partial charge in [-0.1, -0.05) is 12.2 Å². The number of guanidine groups is 1. The molecule has 1 saturated heterocycles. The van der Waals surface area contributed by atoms with Crippen LogP contribution >= 0.6 is 0 Å². The van der Waals surface area contributed by atoms with Crippen LogP contribution in [-0.4, -0.2) is 56.0 Å². The number of aliphatic imine (C=N–C) groups is 1. The lowest BCUT2D eigenvalue weighted by atomic mass is 9.95. The van der Waals surface area contributed by atoms with Gasteiger partial charge in [-0.2, -0.15) is 0 Å². The number of hydrogen-bond acceptors (Lipinski definition) is 3. The van der Waals surface area contributed by atoms with E-state index in [9.17, 15) is 8.42 Å². The second kappa shape index (κ2) is 7.02. The van der Waals surface area contributed by atoms with Gasteiger partial charge in [0.25, 0.3) is 0 Å². The number of allylic oxidation sites excluding steroid dienone is 2. The molecular formula is C16H29N3O2S. The summed E-state index contributed by atoms with van der Waals surface area (Å²) in [5.41, 5.74) is 0. The number of hydrogen-bond donors (Lipinski definition) is 1. The third-order valence-electron chi connectivity index (χ3n) is 4.55. The first-order valence-corrected chi connectivity index (χ1v) is 9.91. The van der Waals surface area contributed by atoms with Crippen LogP contribution in [0.5, 0.6) is 0 Å². The van der Waals surface area contributed by atoms with Crippen molar-refractivity contribution in [3.63, 3.8) is 0 Å². The van der Waals surface area contributed by atoms with E-state index in [0.29, 0.717) is 19.0 Å². The Morgan fingerprint density at radius 3 is 2.77 bits per heavy atom. The van der Waals surface area contributed by atoms with Gasteiger partial charge in [-0.05, 0) is 46.0 Å². The highest BCUT2D eigenvalue weighted by Gasteiger charge is 2.40. The molecule has 1 N–H and O–H groups in total. The smallest absolute Gasteiger partial charge is 0.194 e. The molecule has 2 rings (SSSR count). The summed E-state index contributed by atoms with van der Waals surface area (Å²) in [5.74, 6) is 1.68. The molecule has 0 aromatic rings. The average Bonchev–Trinajstić information content (AvgIpc) is 2.47. The summed E-state index contributed by atoms with van der Waals surface area (Å²) in [6, 6.07) is 0. The predicted molar refractivity (Wildman–Crippen MR) is 91.9 cm³/mol. The Hall–Kier alpha value is -1.04. The predicted octanol–water partition coefficient (Wildman–Crippen LogP) is 1.82. The molecule has 1 aliphatic heterocycles. The summed E-state index contributed by atoms with van der Waals surface area (Å²) >= 11 is 0. The van der Waals surface area contributed by atoms with Crippen LogP contribution in [0.15, 0.2) is 17.1 Å². The molecule has 0 aromatic carbocycles. The number of rotatable bonds is 3. The van der Waals surface area contributed by atoms with Crippen LogP contribution in [0.4, 0.5) is 0 Å². The second-order valence-corrected chi connectivity index (χ2v) is 9.59. The zero-order valence-electron chi connectivity index (χ0n) is 14.0. The molecule has 1 unspecified atom stereocenters. The van der Waals surface area contributed by atoms with Crippen molar-refractivity contribution in [2.45, 2.75) is 44.8 Å². The van der Waals surface area contributed by atoms with Crippen molar-refractivity contribution in [2.24, 2.45) is 10.9 Å². The Labute approximate surface area is 134 Å². The van der Waals surface area contributed by atoms with Crippen LogP contribution in [0, 0.1) is 5.92 Å². The van der Waals surface area contributed by atoms with E-state index < -0.39 is 14.6 Å². The number of nitrogens with one attached hydrogen (secondary N) is 1. The molecule has 0 amide bonds. The Kier molecular flexibility index (Phi) is 5.53. The molecule has 0 bridgehead atoms. The normalized spacial score (nSPS) is 27.7. The summed E-state index contributed by atoms with van der Waals surface area (Å²) in [7, 11) is -3.01. The fourth-order valence-corrected chi connectivity index (χ4v) is 4.35. The molecule has 0 saturated carbocycles. The molecule has 126 valence electrons. The van der Waals surface area contributed by atoms with Crippen LogP contribution < -0.4 is 5.32 Å². The van der Waals surface area contributed by atoms with Gasteiger partial charge in [0.2, 0.25) is 0 Å². The van der Waals surface area contributed by atoms with Gasteiger partial charge in [0.15, 0.2) is 15.8 Å². The Balaban J connectivity index is 2.06. The fourth-order valence-electron chi connectivity index (χ4n) is 2.99. The third kappa shape index (κ3) is 4.03. The van der Waals surface area contributed by atoms with Gasteiger partial charge in [0, 0.05) is 26.2 Å². The van der Waals surface area contributed by atoms with Crippen molar-refractivity contribution >= 4 is 15.8 Å². The highest BCUT2D eigenvalue weighted by Crippen LogP contribution is 2.24. The molecule has 6 heteroatoms. The highest BCUT2D eigenvalue weighted by atomic mass is 32.2. The summed E-state index contributed by atoms with van der Waals surface area (Å²) in [5, 5.41) is 3.32. The zero-order chi connectivity index (χ0) is 16.2. The molecule has 0 spiro atoms. The van der Waals surface area contributed by atoms with Gasteiger partial charge in [0.05, 0.1) is 10.5 Å². The lowest BCUT2D eigenvalue weighted by Crippen LogP contribution is -2.57. The maximum absolute atomic E-state index is 12.1. The van der Waals surface area contributed by atoms with Crippen molar-refractivity contribution in [3.05, 3.63) is 12.2 Å². The summed E-state index contributed by atoms with van der Waals surface area (Å²) in [6.07, 6.45) is 7.92. The minimum atomic E-state index is -3.01. The first kappa shape index (κ1) is 17.3. The van der Waals surface area contributed by atoms with Gasteiger partial charge in [-0.25, -0.2) is 8.42 Å². The maximum atomic E-state index is 12.1. The van der Waals surface area contributed by atoms with Crippen molar-refractivity contribution in [1.82, 2.24) is 10.2 Å². The van der Waals surface area contributed by atoms with Crippen LogP contribution in [0.3, 0.4) is 0 Å². The minimum absolute atomic E-state index is 0.205. The van der Waals surface area contributed by atoms with E-state index in [0.717, 1.165) is 31.9 Å².